The van der Waals surface area contributed by atoms with E-state index in [0.717, 1.165) is 17.4 Å². The van der Waals surface area contributed by atoms with Crippen LogP contribution in [-0.2, 0) is 26.8 Å². The Labute approximate surface area is 188 Å². The molecule has 1 aliphatic rings. The summed E-state index contributed by atoms with van der Waals surface area (Å²) >= 11 is -0.706. The zero-order chi connectivity index (χ0) is 22.9. The number of halogens is 3. The van der Waals surface area contributed by atoms with Gasteiger partial charge in [-0.05, 0) is 6.07 Å². The van der Waals surface area contributed by atoms with Crippen LogP contribution in [0.5, 0.6) is 0 Å². The van der Waals surface area contributed by atoms with Crippen molar-refractivity contribution in [3.63, 3.8) is 0 Å². The molecule has 1 atom stereocenters. The van der Waals surface area contributed by atoms with Gasteiger partial charge in [0, 0.05) is 49.3 Å². The topological polar surface area (TPSA) is 109 Å². The number of aromatic nitrogens is 3. The highest BCUT2D eigenvalue weighted by Crippen LogP contribution is 2.45. The maximum absolute atomic E-state index is 13.9. The van der Waals surface area contributed by atoms with Gasteiger partial charge in [0.05, 0.1) is 36.5 Å². The molecule has 1 saturated heterocycles. The van der Waals surface area contributed by atoms with E-state index in [4.69, 9.17) is 15.2 Å². The number of hydrogen-bond donors (Lipinski definition) is 1. The first kappa shape index (κ1) is 23.0. The van der Waals surface area contributed by atoms with Crippen molar-refractivity contribution < 1.29 is 27.2 Å². The van der Waals surface area contributed by atoms with Crippen molar-refractivity contribution in [1.29, 1.82) is 0 Å². The van der Waals surface area contributed by atoms with Gasteiger partial charge in [-0.15, -0.1) is 0 Å². The van der Waals surface area contributed by atoms with Crippen molar-refractivity contribution in [3.05, 3.63) is 24.0 Å². The molecule has 0 amide bonds. The molecule has 0 saturated carbocycles. The molecule has 13 heteroatoms. The third-order valence-corrected chi connectivity index (χ3v) is 7.75. The Bertz CT molecular complexity index is 1090. The molecular weight excluding hydrogens is 467 g/mol. The maximum atomic E-state index is 13.9. The van der Waals surface area contributed by atoms with Crippen LogP contribution in [0.2, 0.25) is 0 Å². The first-order valence-corrected chi connectivity index (χ1v) is 11.8. The summed E-state index contributed by atoms with van der Waals surface area (Å²) in [5.74, 6) is 0.601. The highest BCUT2D eigenvalue weighted by atomic mass is 32.2. The van der Waals surface area contributed by atoms with Crippen molar-refractivity contribution >= 4 is 44.4 Å². The van der Waals surface area contributed by atoms with E-state index >= 15 is 0 Å². The standard InChI is InChI=1S/C19H20F3N5O3S2/c1-29-6-7-32(28)17-15(23)14-12(19(20,21)22)8-13(26-16(14)31-17)11-9-24-18(25-10-11)27-2-4-30-5-3-27/h8-10H,2-7,23H2,1H3. The zero-order valence-corrected chi connectivity index (χ0v) is 18.6. The van der Waals surface area contributed by atoms with Gasteiger partial charge in [-0.3, -0.25) is 0 Å². The Balaban J connectivity index is 1.75. The minimum absolute atomic E-state index is 0.0605. The van der Waals surface area contributed by atoms with Crippen LogP contribution in [0.3, 0.4) is 0 Å². The van der Waals surface area contributed by atoms with Crippen LogP contribution in [0.1, 0.15) is 5.56 Å². The number of morpholine rings is 1. The summed E-state index contributed by atoms with van der Waals surface area (Å²) in [7, 11) is 1.45. The van der Waals surface area contributed by atoms with Gasteiger partial charge in [-0.1, -0.05) is 11.3 Å². The third-order valence-electron chi connectivity index (χ3n) is 4.88. The van der Waals surface area contributed by atoms with Gasteiger partial charge in [-0.25, -0.2) is 15.0 Å². The van der Waals surface area contributed by atoms with E-state index in [0.29, 0.717) is 37.8 Å². The second-order valence-corrected chi connectivity index (χ2v) is 9.71. The van der Waals surface area contributed by atoms with Gasteiger partial charge < -0.3 is 24.7 Å². The van der Waals surface area contributed by atoms with E-state index in [1.54, 1.807) is 0 Å². The predicted molar refractivity (Wildman–Crippen MR) is 116 cm³/mol. The molecule has 4 heterocycles. The fourth-order valence-corrected chi connectivity index (χ4v) is 5.84. The molecule has 8 nitrogen and oxygen atoms in total. The zero-order valence-electron chi connectivity index (χ0n) is 17.0. The number of nitrogen functional groups attached to an aromatic ring is 1. The van der Waals surface area contributed by atoms with Gasteiger partial charge in [0.2, 0.25) is 10.2 Å². The van der Waals surface area contributed by atoms with E-state index in [9.17, 15) is 17.7 Å². The highest BCUT2D eigenvalue weighted by Gasteiger charge is 2.37. The number of ether oxygens (including phenoxy) is 2. The molecule has 0 bridgehead atoms. The molecule has 0 radical (unpaired) electrons. The van der Waals surface area contributed by atoms with E-state index in [2.05, 4.69) is 15.0 Å². The number of pyridine rings is 1. The van der Waals surface area contributed by atoms with Crippen LogP contribution in [0.4, 0.5) is 24.8 Å². The summed E-state index contributed by atoms with van der Waals surface area (Å²) in [6.45, 7) is 2.59. The molecule has 32 heavy (non-hydrogen) atoms. The number of thiophene rings is 1. The molecule has 4 rings (SSSR count). The van der Waals surface area contributed by atoms with Crippen LogP contribution >= 0.6 is 11.3 Å². The van der Waals surface area contributed by atoms with Gasteiger partial charge in [-0.2, -0.15) is 13.2 Å². The molecule has 172 valence electrons. The minimum atomic E-state index is -4.68. The Morgan fingerprint density at radius 1 is 1.28 bits per heavy atom. The predicted octanol–water partition coefficient (Wildman–Crippen LogP) is 2.94. The van der Waals surface area contributed by atoms with Gasteiger partial charge in [0.25, 0.3) is 0 Å². The molecule has 3 aromatic heterocycles. The Kier molecular flexibility index (Phi) is 6.72. The minimum Gasteiger partial charge on any atom is -0.611 e. The first-order valence-electron chi connectivity index (χ1n) is 9.62. The molecular formula is C19H20F3N5O3S2. The maximum Gasteiger partial charge on any atom is 0.417 e. The van der Waals surface area contributed by atoms with E-state index in [-0.39, 0.29) is 38.2 Å². The lowest BCUT2D eigenvalue weighted by Crippen LogP contribution is -2.37. The third kappa shape index (κ3) is 4.62. The quantitative estimate of drug-likeness (QED) is 0.529. The van der Waals surface area contributed by atoms with Crippen LogP contribution < -0.4 is 10.6 Å². The number of rotatable bonds is 6. The second kappa shape index (κ2) is 9.35. The van der Waals surface area contributed by atoms with Gasteiger partial charge in [0.15, 0.2) is 0 Å². The van der Waals surface area contributed by atoms with Crippen molar-refractivity contribution in [2.24, 2.45) is 0 Å². The average Bonchev–Trinajstić information content (AvgIpc) is 3.13. The van der Waals surface area contributed by atoms with Crippen LogP contribution in [0, 0.1) is 0 Å². The summed E-state index contributed by atoms with van der Waals surface area (Å²) < 4.78 is 64.5. The summed E-state index contributed by atoms with van der Waals surface area (Å²) in [5, 5.41) is -0.238. The van der Waals surface area contributed by atoms with Crippen LogP contribution in [0.15, 0.2) is 22.7 Å². The Morgan fingerprint density at radius 3 is 2.59 bits per heavy atom. The summed E-state index contributed by atoms with van der Waals surface area (Å²) in [6.07, 6.45) is -1.79. The van der Waals surface area contributed by atoms with Crippen molar-refractivity contribution in [3.8, 4) is 11.3 Å². The fraction of sp³-hybridized carbons (Fsp3) is 0.421. The molecule has 0 aliphatic carbocycles. The van der Waals surface area contributed by atoms with Crippen LogP contribution in [0.25, 0.3) is 21.5 Å². The highest BCUT2D eigenvalue weighted by molar-refractivity contribution is 7.93. The van der Waals surface area contributed by atoms with Gasteiger partial charge >= 0.3 is 6.18 Å². The summed E-state index contributed by atoms with van der Waals surface area (Å²) in [5.41, 5.74) is 5.30. The number of fused-ring (bicyclic) bond motifs is 1. The number of methoxy groups -OCH3 is 1. The first-order chi connectivity index (χ1) is 15.3. The molecule has 1 aliphatic heterocycles. The summed E-state index contributed by atoms with van der Waals surface area (Å²) in [4.78, 5) is 14.9. The molecule has 0 spiro atoms. The average molecular weight is 488 g/mol. The van der Waals surface area contributed by atoms with E-state index in [1.165, 1.54) is 19.5 Å². The molecule has 0 aromatic carbocycles. The van der Waals surface area contributed by atoms with E-state index < -0.39 is 22.9 Å². The monoisotopic (exact) mass is 487 g/mol. The normalized spacial score (nSPS) is 16.0. The van der Waals surface area contributed by atoms with Crippen molar-refractivity contribution in [1.82, 2.24) is 15.0 Å². The van der Waals surface area contributed by atoms with Crippen molar-refractivity contribution in [2.75, 3.05) is 56.4 Å². The lowest BCUT2D eigenvalue weighted by atomic mass is 10.1. The number of alkyl halides is 3. The number of nitrogens with two attached hydrogens (primary N) is 1. The number of anilines is 2. The summed E-state index contributed by atoms with van der Waals surface area (Å²) in [6, 6.07) is 0.931. The lowest BCUT2D eigenvalue weighted by molar-refractivity contribution is -0.136. The lowest BCUT2D eigenvalue weighted by Gasteiger charge is -2.26. The SMILES string of the molecule is COCC[S+]([O-])c1sc2nc(-c3cnc(N4CCOCC4)nc3)cc(C(F)(F)F)c2c1N. The molecule has 1 unspecified atom stereocenters. The van der Waals surface area contributed by atoms with Crippen LogP contribution in [-0.4, -0.2) is 65.3 Å². The second-order valence-electron chi connectivity index (χ2n) is 6.95. The smallest absolute Gasteiger partial charge is 0.417 e. The fourth-order valence-electron chi connectivity index (χ4n) is 3.27. The number of hydrogen-bond acceptors (Lipinski definition) is 9. The molecule has 2 N–H and O–H groups in total. The Hall–Kier alpha value is -2.19. The van der Waals surface area contributed by atoms with E-state index in [1.807, 2.05) is 4.90 Å². The van der Waals surface area contributed by atoms with Gasteiger partial charge in [0.1, 0.15) is 16.3 Å². The number of nitrogens with zero attached hydrogens (tertiary/aromatic N) is 4. The largest absolute Gasteiger partial charge is 0.611 e. The van der Waals surface area contributed by atoms with Crippen molar-refractivity contribution in [2.45, 2.75) is 10.4 Å². The molecule has 1 fully saturated rings. The Morgan fingerprint density at radius 2 is 1.97 bits per heavy atom. The molecule has 3 aromatic rings.